The lowest BCUT2D eigenvalue weighted by Gasteiger charge is -2.20. The molecule has 1 amide bonds. The number of amidine groups is 1. The average Bonchev–Trinajstić information content (AvgIpc) is 3.44. The van der Waals surface area contributed by atoms with Crippen molar-refractivity contribution in [1.29, 1.82) is 0 Å². The summed E-state index contributed by atoms with van der Waals surface area (Å²) in [5.74, 6) is 0.824. The number of aliphatic imine (C=N–C) groups is 1. The number of carbonyl (C=O) groups excluding carboxylic acids is 1. The van der Waals surface area contributed by atoms with Gasteiger partial charge in [0.05, 0.1) is 12.8 Å². The fraction of sp³-hybridized carbons (Fsp3) is 0.400. The zero-order chi connectivity index (χ0) is 20.9. The summed E-state index contributed by atoms with van der Waals surface area (Å²) in [6, 6.07) is 11.1. The SMILES string of the molecule is CN(CCc1ccc(C2=NCCN2)cc1)C(=O)CCN(C)S(=O)(=O)c1ccco1. The number of hydrogen-bond donors (Lipinski definition) is 1. The number of likely N-dealkylation sites (N-methyl/N-ethyl adjacent to an activating group) is 1. The van der Waals surface area contributed by atoms with Crippen molar-refractivity contribution in [2.24, 2.45) is 4.99 Å². The van der Waals surface area contributed by atoms with Crippen LogP contribution in [0.15, 0.2) is 57.2 Å². The van der Waals surface area contributed by atoms with Crippen molar-refractivity contribution in [3.63, 3.8) is 0 Å². The van der Waals surface area contributed by atoms with Crippen LogP contribution in [0, 0.1) is 0 Å². The molecule has 0 aliphatic carbocycles. The van der Waals surface area contributed by atoms with E-state index in [1.165, 1.54) is 25.4 Å². The van der Waals surface area contributed by atoms with Crippen LogP contribution in [0.1, 0.15) is 17.5 Å². The molecule has 0 saturated carbocycles. The summed E-state index contributed by atoms with van der Waals surface area (Å²) in [6.45, 7) is 2.34. The molecule has 1 N–H and O–H groups in total. The fourth-order valence-electron chi connectivity index (χ4n) is 2.97. The molecule has 1 aliphatic rings. The first-order valence-corrected chi connectivity index (χ1v) is 10.9. The predicted octanol–water partition coefficient (Wildman–Crippen LogP) is 1.34. The summed E-state index contributed by atoms with van der Waals surface area (Å²) in [6.07, 6.45) is 2.14. The highest BCUT2D eigenvalue weighted by molar-refractivity contribution is 7.89. The second-order valence-corrected chi connectivity index (χ2v) is 8.90. The monoisotopic (exact) mass is 418 g/mol. The maximum atomic E-state index is 12.4. The van der Waals surface area contributed by atoms with Crippen molar-refractivity contribution in [3.8, 4) is 0 Å². The lowest BCUT2D eigenvalue weighted by Crippen LogP contribution is -2.34. The van der Waals surface area contributed by atoms with Gasteiger partial charge in [-0.25, -0.2) is 8.42 Å². The Morgan fingerprint density at radius 2 is 1.93 bits per heavy atom. The highest BCUT2D eigenvalue weighted by Gasteiger charge is 2.24. The maximum absolute atomic E-state index is 12.4. The number of furan rings is 1. The maximum Gasteiger partial charge on any atom is 0.276 e. The van der Waals surface area contributed by atoms with Gasteiger partial charge in [0.1, 0.15) is 5.84 Å². The Labute approximate surface area is 171 Å². The Hall–Kier alpha value is -2.65. The molecule has 0 bridgehead atoms. The van der Waals surface area contributed by atoms with E-state index in [1.54, 1.807) is 11.9 Å². The molecule has 29 heavy (non-hydrogen) atoms. The minimum absolute atomic E-state index is 0.0933. The van der Waals surface area contributed by atoms with E-state index in [9.17, 15) is 13.2 Å². The Bertz CT molecular complexity index is 953. The van der Waals surface area contributed by atoms with Gasteiger partial charge in [-0.05, 0) is 24.1 Å². The van der Waals surface area contributed by atoms with E-state index >= 15 is 0 Å². The molecule has 0 spiro atoms. The van der Waals surface area contributed by atoms with Crippen LogP contribution in [-0.2, 0) is 21.2 Å². The van der Waals surface area contributed by atoms with Gasteiger partial charge in [-0.1, -0.05) is 24.3 Å². The Balaban J connectivity index is 1.45. The molecule has 0 radical (unpaired) electrons. The molecule has 2 heterocycles. The molecule has 1 aliphatic heterocycles. The predicted molar refractivity (Wildman–Crippen MR) is 110 cm³/mol. The lowest BCUT2D eigenvalue weighted by atomic mass is 10.1. The van der Waals surface area contributed by atoms with Gasteiger partial charge in [0.15, 0.2) is 0 Å². The molecule has 9 heteroatoms. The highest BCUT2D eigenvalue weighted by atomic mass is 32.2. The highest BCUT2D eigenvalue weighted by Crippen LogP contribution is 2.15. The normalized spacial score (nSPS) is 14.0. The summed E-state index contributed by atoms with van der Waals surface area (Å²) in [5, 5.41) is 3.12. The molecular weight excluding hydrogens is 392 g/mol. The van der Waals surface area contributed by atoms with Gasteiger partial charge in [-0.2, -0.15) is 4.31 Å². The summed E-state index contributed by atoms with van der Waals surface area (Å²) in [4.78, 5) is 18.4. The van der Waals surface area contributed by atoms with Crippen molar-refractivity contribution in [3.05, 3.63) is 53.8 Å². The van der Waals surface area contributed by atoms with Gasteiger partial charge in [0.25, 0.3) is 10.0 Å². The van der Waals surface area contributed by atoms with Crippen molar-refractivity contribution >= 4 is 21.8 Å². The molecule has 156 valence electrons. The van der Waals surface area contributed by atoms with Gasteiger partial charge in [-0.3, -0.25) is 9.79 Å². The van der Waals surface area contributed by atoms with E-state index in [0.717, 1.165) is 40.8 Å². The Kier molecular flexibility index (Phi) is 6.71. The third-order valence-electron chi connectivity index (χ3n) is 4.86. The van der Waals surface area contributed by atoms with Crippen LogP contribution in [0.3, 0.4) is 0 Å². The van der Waals surface area contributed by atoms with Crippen LogP contribution in [0.2, 0.25) is 0 Å². The number of sulfonamides is 1. The third kappa shape index (κ3) is 5.24. The number of hydrogen-bond acceptors (Lipinski definition) is 6. The quantitative estimate of drug-likeness (QED) is 0.663. The average molecular weight is 419 g/mol. The Morgan fingerprint density at radius 3 is 2.55 bits per heavy atom. The molecular formula is C20H26N4O4S. The molecule has 8 nitrogen and oxygen atoms in total. The number of nitrogens with zero attached hydrogens (tertiary/aromatic N) is 3. The van der Waals surface area contributed by atoms with Crippen LogP contribution >= 0.6 is 0 Å². The van der Waals surface area contributed by atoms with E-state index in [-0.39, 0.29) is 24.0 Å². The lowest BCUT2D eigenvalue weighted by molar-refractivity contribution is -0.129. The first kappa shape index (κ1) is 21.1. The summed E-state index contributed by atoms with van der Waals surface area (Å²) < 4.78 is 30.7. The third-order valence-corrected chi connectivity index (χ3v) is 6.61. The molecule has 0 unspecified atom stereocenters. The fourth-order valence-corrected chi connectivity index (χ4v) is 4.04. The summed E-state index contributed by atoms with van der Waals surface area (Å²) in [5.41, 5.74) is 2.20. The zero-order valence-electron chi connectivity index (χ0n) is 16.7. The number of benzene rings is 1. The standard InChI is InChI=1S/C20H26N4O4S/c1-23(13-9-16-5-7-17(8-6-16)20-21-11-12-22-20)18(25)10-14-24(2)29(26,27)19-4-3-15-28-19/h3-8,15H,9-14H2,1-2H3,(H,21,22). The molecule has 0 saturated heterocycles. The molecule has 0 fully saturated rings. The molecule has 2 aromatic rings. The van der Waals surface area contributed by atoms with E-state index in [4.69, 9.17) is 4.42 Å². The second-order valence-electron chi connectivity index (χ2n) is 6.93. The van der Waals surface area contributed by atoms with Crippen LogP contribution in [0.5, 0.6) is 0 Å². The van der Waals surface area contributed by atoms with Crippen molar-refractivity contribution in [2.45, 2.75) is 17.9 Å². The minimum Gasteiger partial charge on any atom is -0.452 e. The van der Waals surface area contributed by atoms with Gasteiger partial charge >= 0.3 is 0 Å². The minimum atomic E-state index is -3.70. The van der Waals surface area contributed by atoms with Crippen LogP contribution in [0.4, 0.5) is 0 Å². The summed E-state index contributed by atoms with van der Waals surface area (Å²) >= 11 is 0. The van der Waals surface area contributed by atoms with E-state index < -0.39 is 10.0 Å². The number of rotatable bonds is 9. The second kappa shape index (κ2) is 9.23. The smallest absolute Gasteiger partial charge is 0.276 e. The molecule has 0 atom stereocenters. The topological polar surface area (TPSA) is 95.2 Å². The molecule has 1 aromatic heterocycles. The van der Waals surface area contributed by atoms with Crippen LogP contribution in [0.25, 0.3) is 0 Å². The van der Waals surface area contributed by atoms with E-state index in [1.807, 2.05) is 24.3 Å². The van der Waals surface area contributed by atoms with Crippen molar-refractivity contribution < 1.29 is 17.6 Å². The first-order valence-electron chi connectivity index (χ1n) is 9.49. The van der Waals surface area contributed by atoms with Gasteiger partial charge in [-0.15, -0.1) is 0 Å². The van der Waals surface area contributed by atoms with E-state index in [0.29, 0.717) is 6.54 Å². The number of amides is 1. The van der Waals surface area contributed by atoms with E-state index in [2.05, 4.69) is 10.3 Å². The van der Waals surface area contributed by atoms with Gasteiger partial charge in [0.2, 0.25) is 11.0 Å². The van der Waals surface area contributed by atoms with Gasteiger partial charge < -0.3 is 14.6 Å². The first-order chi connectivity index (χ1) is 13.9. The largest absolute Gasteiger partial charge is 0.452 e. The van der Waals surface area contributed by atoms with Crippen LogP contribution in [-0.4, -0.2) is 69.6 Å². The van der Waals surface area contributed by atoms with Crippen LogP contribution < -0.4 is 5.32 Å². The van der Waals surface area contributed by atoms with Gasteiger partial charge in [0, 0.05) is 45.7 Å². The summed E-state index contributed by atoms with van der Waals surface area (Å²) in [7, 11) is -0.531. The van der Waals surface area contributed by atoms with Crippen molar-refractivity contribution in [1.82, 2.24) is 14.5 Å². The molecule has 1 aromatic carbocycles. The number of carbonyl (C=O) groups is 1. The Morgan fingerprint density at radius 1 is 1.17 bits per heavy atom. The number of nitrogens with one attached hydrogen (secondary N) is 1. The van der Waals surface area contributed by atoms with Crippen molar-refractivity contribution in [2.75, 3.05) is 40.3 Å². The zero-order valence-corrected chi connectivity index (χ0v) is 17.5. The molecule has 3 rings (SSSR count).